The van der Waals surface area contributed by atoms with Crippen molar-refractivity contribution in [3.8, 4) is 0 Å². The second-order valence-electron chi connectivity index (χ2n) is 8.93. The average molecular weight is 368 g/mol. The number of rotatable bonds is 3. The highest BCUT2D eigenvalue weighted by Crippen LogP contribution is 2.54. The lowest BCUT2D eigenvalue weighted by molar-refractivity contribution is -0.140. The van der Waals surface area contributed by atoms with Crippen LogP contribution in [0.4, 0.5) is 5.69 Å². The summed E-state index contributed by atoms with van der Waals surface area (Å²) in [7, 11) is 0. The Morgan fingerprint density at radius 1 is 0.778 bits per heavy atom. The van der Waals surface area contributed by atoms with Gasteiger partial charge < -0.3 is 4.90 Å². The van der Waals surface area contributed by atoms with E-state index in [1.807, 2.05) is 23.1 Å². The number of ketones is 1. The molecule has 1 saturated heterocycles. The van der Waals surface area contributed by atoms with Crippen molar-refractivity contribution in [1.29, 1.82) is 0 Å². The first-order valence-corrected chi connectivity index (χ1v) is 11.1. The minimum absolute atomic E-state index is 0.0209. The van der Waals surface area contributed by atoms with Crippen LogP contribution in [-0.2, 0) is 9.59 Å². The summed E-state index contributed by atoms with van der Waals surface area (Å²) in [6.07, 6.45) is 12.8. The molecular formula is C24H33NO2. The van der Waals surface area contributed by atoms with Crippen LogP contribution in [0.3, 0.4) is 0 Å². The summed E-state index contributed by atoms with van der Waals surface area (Å²) in [5.74, 6) is 0.884. The van der Waals surface area contributed by atoms with Gasteiger partial charge in [-0.2, -0.15) is 0 Å². The fourth-order valence-corrected chi connectivity index (χ4v) is 6.18. The predicted octanol–water partition coefficient (Wildman–Crippen LogP) is 5.53. The van der Waals surface area contributed by atoms with Crippen LogP contribution in [0.25, 0.3) is 0 Å². The standard InChI is InChI=1S/C24H33NO2/c26-22-15-6-5-13-20(22)24(16-8-2-9-17-24)21-14-7-10-18-25(23(21)27)19-11-3-1-4-12-19/h1,3-4,11-12,20-21H,2,5-10,13-18H2. The van der Waals surface area contributed by atoms with Crippen molar-refractivity contribution in [3.63, 3.8) is 0 Å². The molecule has 3 fully saturated rings. The van der Waals surface area contributed by atoms with Gasteiger partial charge in [0.15, 0.2) is 0 Å². The number of amides is 1. The molecule has 1 aliphatic heterocycles. The fourth-order valence-electron chi connectivity index (χ4n) is 6.18. The van der Waals surface area contributed by atoms with E-state index in [1.54, 1.807) is 0 Å². The summed E-state index contributed by atoms with van der Waals surface area (Å²) in [5, 5.41) is 0. The molecular weight excluding hydrogens is 334 g/mol. The molecule has 4 rings (SSSR count). The number of Topliss-reactive ketones (excluding diaryl/α,β-unsaturated/α-hetero) is 1. The quantitative estimate of drug-likeness (QED) is 0.704. The Labute approximate surface area is 163 Å². The van der Waals surface area contributed by atoms with E-state index >= 15 is 0 Å². The molecule has 2 aliphatic carbocycles. The van der Waals surface area contributed by atoms with Gasteiger partial charge in [0, 0.05) is 30.5 Å². The molecule has 0 bridgehead atoms. The van der Waals surface area contributed by atoms with Gasteiger partial charge in [0.2, 0.25) is 5.91 Å². The number of carbonyl (C=O) groups is 2. The van der Waals surface area contributed by atoms with Gasteiger partial charge in [0.1, 0.15) is 5.78 Å². The monoisotopic (exact) mass is 367 g/mol. The van der Waals surface area contributed by atoms with E-state index < -0.39 is 0 Å². The third-order valence-corrected chi connectivity index (χ3v) is 7.48. The van der Waals surface area contributed by atoms with Crippen molar-refractivity contribution < 1.29 is 9.59 Å². The first-order chi connectivity index (χ1) is 13.2. The Morgan fingerprint density at radius 3 is 2.22 bits per heavy atom. The van der Waals surface area contributed by atoms with Crippen LogP contribution in [-0.4, -0.2) is 18.2 Å². The van der Waals surface area contributed by atoms with Gasteiger partial charge in [-0.25, -0.2) is 0 Å². The number of nitrogens with zero attached hydrogens (tertiary/aromatic N) is 1. The van der Waals surface area contributed by atoms with Crippen molar-refractivity contribution in [2.24, 2.45) is 17.3 Å². The van der Waals surface area contributed by atoms with Crippen molar-refractivity contribution in [1.82, 2.24) is 0 Å². The van der Waals surface area contributed by atoms with Gasteiger partial charge in [0.05, 0.1) is 0 Å². The Morgan fingerprint density at radius 2 is 1.48 bits per heavy atom. The van der Waals surface area contributed by atoms with Gasteiger partial charge in [-0.15, -0.1) is 0 Å². The largest absolute Gasteiger partial charge is 0.312 e. The normalized spacial score (nSPS) is 29.4. The van der Waals surface area contributed by atoms with Crippen molar-refractivity contribution in [2.75, 3.05) is 11.4 Å². The number of benzene rings is 1. The molecule has 0 spiro atoms. The van der Waals surface area contributed by atoms with Crippen molar-refractivity contribution >= 4 is 17.4 Å². The van der Waals surface area contributed by atoms with Gasteiger partial charge >= 0.3 is 0 Å². The van der Waals surface area contributed by atoms with Gasteiger partial charge in [-0.1, -0.05) is 50.3 Å². The maximum Gasteiger partial charge on any atom is 0.230 e. The molecule has 2 atom stereocenters. The second kappa shape index (κ2) is 8.16. The molecule has 1 aromatic carbocycles. The van der Waals surface area contributed by atoms with E-state index in [1.165, 1.54) is 19.3 Å². The van der Waals surface area contributed by atoms with Crippen LogP contribution in [0.2, 0.25) is 0 Å². The summed E-state index contributed by atoms with van der Waals surface area (Å²) in [6, 6.07) is 10.2. The SMILES string of the molecule is O=C1CCCCC1C1(C2CCCCN(c3ccccc3)C2=O)CCCCC1. The summed E-state index contributed by atoms with van der Waals surface area (Å²) >= 11 is 0. The highest BCUT2D eigenvalue weighted by atomic mass is 16.2. The first-order valence-electron chi connectivity index (χ1n) is 11.1. The molecule has 1 heterocycles. The highest BCUT2D eigenvalue weighted by Gasteiger charge is 2.52. The number of hydrogen-bond donors (Lipinski definition) is 0. The molecule has 3 heteroatoms. The van der Waals surface area contributed by atoms with Crippen LogP contribution in [0.1, 0.15) is 77.0 Å². The predicted molar refractivity (Wildman–Crippen MR) is 109 cm³/mol. The van der Waals surface area contributed by atoms with Gasteiger partial charge in [-0.3, -0.25) is 9.59 Å². The molecule has 146 valence electrons. The number of hydrogen-bond acceptors (Lipinski definition) is 2. The molecule has 0 N–H and O–H groups in total. The van der Waals surface area contributed by atoms with Crippen LogP contribution in [0, 0.1) is 17.3 Å². The molecule has 0 aromatic heterocycles. The maximum atomic E-state index is 13.8. The third-order valence-electron chi connectivity index (χ3n) is 7.48. The summed E-state index contributed by atoms with van der Waals surface area (Å²) in [5.41, 5.74) is 0.944. The lowest BCUT2D eigenvalue weighted by Gasteiger charge is -2.49. The lowest BCUT2D eigenvalue weighted by Crippen LogP contribution is -2.50. The minimum atomic E-state index is -0.0792. The summed E-state index contributed by atoms with van der Waals surface area (Å²) in [6.45, 7) is 0.814. The number of para-hydroxylation sites is 1. The summed E-state index contributed by atoms with van der Waals surface area (Å²) < 4.78 is 0. The van der Waals surface area contributed by atoms with Crippen LogP contribution < -0.4 is 4.90 Å². The maximum absolute atomic E-state index is 13.8. The van der Waals surface area contributed by atoms with E-state index in [-0.39, 0.29) is 17.3 Å². The van der Waals surface area contributed by atoms with Gasteiger partial charge in [0.25, 0.3) is 0 Å². The van der Waals surface area contributed by atoms with E-state index in [4.69, 9.17) is 0 Å². The van der Waals surface area contributed by atoms with Crippen molar-refractivity contribution in [2.45, 2.75) is 77.0 Å². The summed E-state index contributed by atoms with van der Waals surface area (Å²) in [4.78, 5) is 28.8. The third kappa shape index (κ3) is 3.58. The zero-order chi connectivity index (χ0) is 18.7. The Bertz CT molecular complexity index is 662. The molecule has 2 saturated carbocycles. The topological polar surface area (TPSA) is 37.4 Å². The molecule has 1 aromatic rings. The zero-order valence-corrected chi connectivity index (χ0v) is 16.5. The zero-order valence-electron chi connectivity index (χ0n) is 16.5. The van der Waals surface area contributed by atoms with E-state index in [2.05, 4.69) is 12.1 Å². The molecule has 0 radical (unpaired) electrons. The van der Waals surface area contributed by atoms with Crippen LogP contribution >= 0.6 is 0 Å². The highest BCUT2D eigenvalue weighted by molar-refractivity contribution is 5.96. The fraction of sp³-hybridized carbons (Fsp3) is 0.667. The first kappa shape index (κ1) is 18.7. The van der Waals surface area contributed by atoms with Crippen molar-refractivity contribution in [3.05, 3.63) is 30.3 Å². The minimum Gasteiger partial charge on any atom is -0.312 e. The Balaban J connectivity index is 1.69. The lowest BCUT2D eigenvalue weighted by atomic mass is 9.54. The molecule has 2 unspecified atom stereocenters. The van der Waals surface area contributed by atoms with Gasteiger partial charge in [-0.05, 0) is 56.1 Å². The van der Waals surface area contributed by atoms with Crippen LogP contribution in [0.15, 0.2) is 30.3 Å². The van der Waals surface area contributed by atoms with E-state index in [0.29, 0.717) is 11.7 Å². The smallest absolute Gasteiger partial charge is 0.230 e. The molecule has 3 aliphatic rings. The second-order valence-corrected chi connectivity index (χ2v) is 8.93. The molecule has 3 nitrogen and oxygen atoms in total. The van der Waals surface area contributed by atoms with E-state index in [0.717, 1.165) is 70.0 Å². The molecule has 27 heavy (non-hydrogen) atoms. The Hall–Kier alpha value is -1.64. The Kier molecular flexibility index (Phi) is 5.66. The molecule has 1 amide bonds. The average Bonchev–Trinajstić information content (AvgIpc) is 2.91. The van der Waals surface area contributed by atoms with Crippen LogP contribution in [0.5, 0.6) is 0 Å². The number of carbonyl (C=O) groups excluding carboxylic acids is 2. The van der Waals surface area contributed by atoms with E-state index in [9.17, 15) is 9.59 Å². The number of anilines is 1.